The molecule has 5 N–H and O–H groups in total. The SMILES string of the molecule is NCC[C@@H]1CC[C@@H](NC(=O)Nc2ccc(F)cc2)[C@H](CO)O1. The van der Waals surface area contributed by atoms with Gasteiger partial charge < -0.3 is 26.2 Å². The van der Waals surface area contributed by atoms with Gasteiger partial charge >= 0.3 is 6.03 Å². The Morgan fingerprint density at radius 3 is 2.73 bits per heavy atom. The van der Waals surface area contributed by atoms with Crippen LogP contribution in [0.1, 0.15) is 19.3 Å². The maximum Gasteiger partial charge on any atom is 0.319 e. The lowest BCUT2D eigenvalue weighted by Gasteiger charge is -2.36. The molecule has 7 heteroatoms. The third kappa shape index (κ3) is 4.66. The fourth-order valence-corrected chi connectivity index (χ4v) is 2.56. The molecule has 1 aromatic carbocycles. The van der Waals surface area contributed by atoms with Crippen molar-refractivity contribution in [1.82, 2.24) is 5.32 Å². The average Bonchev–Trinajstić information content (AvgIpc) is 2.51. The van der Waals surface area contributed by atoms with Gasteiger partial charge in [-0.25, -0.2) is 9.18 Å². The molecule has 122 valence electrons. The number of hydrogen-bond donors (Lipinski definition) is 4. The number of carbonyl (C=O) groups excluding carboxylic acids is 1. The number of amides is 2. The minimum atomic E-state index is -0.440. The predicted octanol–water partition coefficient (Wildman–Crippen LogP) is 1.20. The number of anilines is 1. The van der Waals surface area contributed by atoms with E-state index in [-0.39, 0.29) is 24.6 Å². The number of aliphatic hydroxyl groups excluding tert-OH is 1. The Morgan fingerprint density at radius 1 is 1.36 bits per heavy atom. The molecule has 0 radical (unpaired) electrons. The van der Waals surface area contributed by atoms with Gasteiger partial charge in [0.1, 0.15) is 11.9 Å². The second-order valence-electron chi connectivity index (χ2n) is 5.35. The molecule has 22 heavy (non-hydrogen) atoms. The molecule has 1 heterocycles. The summed E-state index contributed by atoms with van der Waals surface area (Å²) < 4.78 is 18.5. The Balaban J connectivity index is 1.86. The molecule has 0 saturated carbocycles. The highest BCUT2D eigenvalue weighted by Gasteiger charge is 2.31. The molecule has 2 amide bonds. The lowest BCUT2D eigenvalue weighted by Crippen LogP contribution is -2.52. The van der Waals surface area contributed by atoms with Crippen LogP contribution in [0.2, 0.25) is 0 Å². The number of rotatable bonds is 5. The molecule has 0 aliphatic carbocycles. The summed E-state index contributed by atoms with van der Waals surface area (Å²) in [6, 6.07) is 4.83. The van der Waals surface area contributed by atoms with Gasteiger partial charge in [0.05, 0.1) is 18.8 Å². The van der Waals surface area contributed by atoms with Crippen molar-refractivity contribution in [2.24, 2.45) is 5.73 Å². The Morgan fingerprint density at radius 2 is 2.09 bits per heavy atom. The maximum atomic E-state index is 12.8. The normalized spacial score (nSPS) is 24.8. The molecular formula is C15H22FN3O3. The molecule has 0 spiro atoms. The second-order valence-corrected chi connectivity index (χ2v) is 5.35. The summed E-state index contributed by atoms with van der Waals surface area (Å²) in [7, 11) is 0. The zero-order valence-corrected chi connectivity index (χ0v) is 12.3. The van der Waals surface area contributed by atoms with Crippen LogP contribution in [-0.4, -0.2) is 42.5 Å². The molecule has 6 nitrogen and oxygen atoms in total. The lowest BCUT2D eigenvalue weighted by molar-refractivity contribution is -0.0881. The molecule has 2 rings (SSSR count). The van der Waals surface area contributed by atoms with Crippen molar-refractivity contribution in [3.05, 3.63) is 30.1 Å². The van der Waals surface area contributed by atoms with Crippen LogP contribution >= 0.6 is 0 Å². The van der Waals surface area contributed by atoms with E-state index in [0.717, 1.165) is 12.8 Å². The first-order chi connectivity index (χ1) is 10.6. The highest BCUT2D eigenvalue weighted by Crippen LogP contribution is 2.21. The van der Waals surface area contributed by atoms with Gasteiger partial charge in [0, 0.05) is 5.69 Å². The quantitative estimate of drug-likeness (QED) is 0.657. The van der Waals surface area contributed by atoms with Crippen molar-refractivity contribution >= 4 is 11.7 Å². The van der Waals surface area contributed by atoms with Crippen LogP contribution in [0.15, 0.2) is 24.3 Å². The van der Waals surface area contributed by atoms with Crippen molar-refractivity contribution in [3.63, 3.8) is 0 Å². The zero-order valence-electron chi connectivity index (χ0n) is 12.3. The molecule has 0 bridgehead atoms. The summed E-state index contributed by atoms with van der Waals surface area (Å²) in [4.78, 5) is 12.0. The number of halogens is 1. The van der Waals surface area contributed by atoms with Crippen molar-refractivity contribution in [3.8, 4) is 0 Å². The first-order valence-electron chi connectivity index (χ1n) is 7.42. The molecule has 1 aromatic rings. The number of nitrogens with one attached hydrogen (secondary N) is 2. The molecule has 1 saturated heterocycles. The smallest absolute Gasteiger partial charge is 0.319 e. The number of nitrogens with two attached hydrogens (primary N) is 1. The van der Waals surface area contributed by atoms with E-state index in [4.69, 9.17) is 10.5 Å². The van der Waals surface area contributed by atoms with Gasteiger partial charge in [-0.05, 0) is 50.1 Å². The number of carbonyl (C=O) groups is 1. The molecule has 1 aliphatic rings. The molecular weight excluding hydrogens is 289 g/mol. The van der Waals surface area contributed by atoms with Crippen molar-refractivity contribution < 1.29 is 19.0 Å². The third-order valence-electron chi connectivity index (χ3n) is 3.70. The lowest BCUT2D eigenvalue weighted by atomic mass is 9.97. The van der Waals surface area contributed by atoms with Crippen molar-refractivity contribution in [2.75, 3.05) is 18.5 Å². The second kappa shape index (κ2) is 8.07. The third-order valence-corrected chi connectivity index (χ3v) is 3.70. The standard InChI is InChI=1S/C15H22FN3O3/c16-10-1-3-11(4-2-10)18-15(21)19-13-6-5-12(7-8-17)22-14(13)9-20/h1-4,12-14,20H,5-9,17H2,(H2,18,19,21)/t12-,13+,14-/m0/s1. The van der Waals surface area contributed by atoms with E-state index in [1.165, 1.54) is 24.3 Å². The van der Waals surface area contributed by atoms with E-state index < -0.39 is 12.1 Å². The first kappa shape index (κ1) is 16.7. The number of ether oxygens (including phenoxy) is 1. The minimum absolute atomic E-state index is 0.0281. The van der Waals surface area contributed by atoms with Crippen LogP contribution in [0.4, 0.5) is 14.9 Å². The van der Waals surface area contributed by atoms with Crippen LogP contribution in [0, 0.1) is 5.82 Å². The van der Waals surface area contributed by atoms with E-state index in [1.54, 1.807) is 0 Å². The summed E-state index contributed by atoms with van der Waals surface area (Å²) >= 11 is 0. The van der Waals surface area contributed by atoms with E-state index in [2.05, 4.69) is 10.6 Å². The minimum Gasteiger partial charge on any atom is -0.394 e. The first-order valence-corrected chi connectivity index (χ1v) is 7.42. The Bertz CT molecular complexity index is 483. The summed E-state index contributed by atoms with van der Waals surface area (Å²) in [6.45, 7) is 0.370. The van der Waals surface area contributed by atoms with Crippen LogP contribution in [-0.2, 0) is 4.74 Å². The summed E-state index contributed by atoms with van der Waals surface area (Å²) in [5, 5.41) is 14.8. The maximum absolute atomic E-state index is 12.8. The van der Waals surface area contributed by atoms with Crippen LogP contribution in [0.5, 0.6) is 0 Å². The monoisotopic (exact) mass is 311 g/mol. The van der Waals surface area contributed by atoms with Crippen molar-refractivity contribution in [2.45, 2.75) is 37.5 Å². The van der Waals surface area contributed by atoms with Crippen LogP contribution in [0.3, 0.4) is 0 Å². The number of hydrogen-bond acceptors (Lipinski definition) is 4. The summed E-state index contributed by atoms with van der Waals surface area (Å²) in [6.07, 6.45) is 1.83. The van der Waals surface area contributed by atoms with Gasteiger partial charge in [0.15, 0.2) is 0 Å². The summed E-state index contributed by atoms with van der Waals surface area (Å²) in [5.74, 6) is -0.363. The largest absolute Gasteiger partial charge is 0.394 e. The van der Waals surface area contributed by atoms with Crippen LogP contribution < -0.4 is 16.4 Å². The molecule has 1 fully saturated rings. The van der Waals surface area contributed by atoms with E-state index in [1.807, 2.05) is 0 Å². The van der Waals surface area contributed by atoms with Gasteiger partial charge in [-0.2, -0.15) is 0 Å². The van der Waals surface area contributed by atoms with E-state index in [0.29, 0.717) is 18.7 Å². The Kier molecular flexibility index (Phi) is 6.11. The van der Waals surface area contributed by atoms with Gasteiger partial charge in [0.2, 0.25) is 0 Å². The highest BCUT2D eigenvalue weighted by molar-refractivity contribution is 5.89. The van der Waals surface area contributed by atoms with Gasteiger partial charge in [-0.15, -0.1) is 0 Å². The number of benzene rings is 1. The Hall–Kier alpha value is -1.70. The van der Waals surface area contributed by atoms with Gasteiger partial charge in [-0.1, -0.05) is 0 Å². The fraction of sp³-hybridized carbons (Fsp3) is 0.533. The topological polar surface area (TPSA) is 96.6 Å². The van der Waals surface area contributed by atoms with Crippen LogP contribution in [0.25, 0.3) is 0 Å². The highest BCUT2D eigenvalue weighted by atomic mass is 19.1. The predicted molar refractivity (Wildman–Crippen MR) is 81.0 cm³/mol. The Labute approximate surface area is 128 Å². The average molecular weight is 311 g/mol. The van der Waals surface area contributed by atoms with E-state index >= 15 is 0 Å². The van der Waals surface area contributed by atoms with Gasteiger partial charge in [0.25, 0.3) is 0 Å². The molecule has 0 aromatic heterocycles. The zero-order chi connectivity index (χ0) is 15.9. The van der Waals surface area contributed by atoms with E-state index in [9.17, 15) is 14.3 Å². The molecule has 0 unspecified atom stereocenters. The summed E-state index contributed by atoms with van der Waals surface area (Å²) in [5.41, 5.74) is 6.01. The van der Waals surface area contributed by atoms with Crippen molar-refractivity contribution in [1.29, 1.82) is 0 Å². The number of aliphatic hydroxyl groups is 1. The molecule has 3 atom stereocenters. The number of urea groups is 1. The van der Waals surface area contributed by atoms with Gasteiger partial charge in [-0.3, -0.25) is 0 Å². The fourth-order valence-electron chi connectivity index (χ4n) is 2.56. The molecule has 1 aliphatic heterocycles.